The van der Waals surface area contributed by atoms with Gasteiger partial charge in [-0.1, -0.05) is 0 Å². The van der Waals surface area contributed by atoms with E-state index >= 15 is 0 Å². The SMILES string of the molecule is NNc1cnc(C(=O)NCc2ncn[nH]2)cn1. The number of hydrogen-bond donors (Lipinski definition) is 4. The van der Waals surface area contributed by atoms with Crippen molar-refractivity contribution in [3.63, 3.8) is 0 Å². The number of rotatable bonds is 4. The summed E-state index contributed by atoms with van der Waals surface area (Å²) in [6, 6.07) is 0. The van der Waals surface area contributed by atoms with Gasteiger partial charge in [0, 0.05) is 0 Å². The highest BCUT2D eigenvalue weighted by molar-refractivity contribution is 5.91. The zero-order valence-electron chi connectivity index (χ0n) is 8.71. The summed E-state index contributed by atoms with van der Waals surface area (Å²) in [6.07, 6.45) is 4.05. The number of hydrazine groups is 1. The van der Waals surface area contributed by atoms with E-state index in [2.05, 4.69) is 35.9 Å². The predicted molar refractivity (Wildman–Crippen MR) is 57.4 cm³/mol. The van der Waals surface area contributed by atoms with Crippen molar-refractivity contribution in [2.75, 3.05) is 5.43 Å². The van der Waals surface area contributed by atoms with Crippen LogP contribution in [0.25, 0.3) is 0 Å². The van der Waals surface area contributed by atoms with Gasteiger partial charge in [0.05, 0.1) is 18.9 Å². The maximum absolute atomic E-state index is 11.6. The molecule has 2 aromatic heterocycles. The van der Waals surface area contributed by atoms with E-state index in [0.717, 1.165) is 0 Å². The monoisotopic (exact) mass is 234 g/mol. The first-order valence-electron chi connectivity index (χ1n) is 4.70. The number of nitrogens with two attached hydrogens (primary N) is 1. The van der Waals surface area contributed by atoms with Gasteiger partial charge in [-0.2, -0.15) is 5.10 Å². The Morgan fingerprint density at radius 2 is 2.24 bits per heavy atom. The van der Waals surface area contributed by atoms with Crippen LogP contribution in [0.2, 0.25) is 0 Å². The van der Waals surface area contributed by atoms with Crippen LogP contribution in [-0.4, -0.2) is 31.1 Å². The summed E-state index contributed by atoms with van der Waals surface area (Å²) in [5.74, 6) is 5.72. The highest BCUT2D eigenvalue weighted by Crippen LogP contribution is 1.98. The molecule has 0 bridgehead atoms. The van der Waals surface area contributed by atoms with Crippen LogP contribution in [0.5, 0.6) is 0 Å². The summed E-state index contributed by atoms with van der Waals surface area (Å²) in [7, 11) is 0. The zero-order valence-corrected chi connectivity index (χ0v) is 8.71. The molecule has 88 valence electrons. The minimum Gasteiger partial charge on any atom is -0.343 e. The van der Waals surface area contributed by atoms with Crippen LogP contribution >= 0.6 is 0 Å². The minimum absolute atomic E-state index is 0.198. The summed E-state index contributed by atoms with van der Waals surface area (Å²) in [6.45, 7) is 0.247. The van der Waals surface area contributed by atoms with Gasteiger partial charge in [-0.3, -0.25) is 9.89 Å². The average Bonchev–Trinajstić information content (AvgIpc) is 2.89. The second-order valence-corrected chi connectivity index (χ2v) is 3.05. The molecular formula is C8H10N8O. The molecule has 0 saturated heterocycles. The van der Waals surface area contributed by atoms with E-state index in [1.807, 2.05) is 0 Å². The van der Waals surface area contributed by atoms with Crippen LogP contribution in [0.15, 0.2) is 18.7 Å². The molecule has 0 unspecified atom stereocenters. The van der Waals surface area contributed by atoms with E-state index < -0.39 is 0 Å². The predicted octanol–water partition coefficient (Wildman–Crippen LogP) is -1.19. The van der Waals surface area contributed by atoms with Crippen LogP contribution in [0, 0.1) is 0 Å². The topological polar surface area (TPSA) is 134 Å². The molecule has 0 aliphatic carbocycles. The number of hydrogen-bond acceptors (Lipinski definition) is 7. The second kappa shape index (κ2) is 4.99. The minimum atomic E-state index is -0.350. The first kappa shape index (κ1) is 11.0. The molecule has 0 aliphatic heterocycles. The number of aromatic nitrogens is 5. The summed E-state index contributed by atoms with van der Waals surface area (Å²) < 4.78 is 0. The Hall–Kier alpha value is -2.55. The third-order valence-corrected chi connectivity index (χ3v) is 1.91. The van der Waals surface area contributed by atoms with E-state index in [0.29, 0.717) is 11.6 Å². The highest BCUT2D eigenvalue weighted by Gasteiger charge is 2.08. The molecule has 5 N–H and O–H groups in total. The van der Waals surface area contributed by atoms with E-state index in [4.69, 9.17) is 5.84 Å². The number of nitrogens with zero attached hydrogens (tertiary/aromatic N) is 4. The molecule has 0 atom stereocenters. The van der Waals surface area contributed by atoms with Gasteiger partial charge in [-0.25, -0.2) is 20.8 Å². The van der Waals surface area contributed by atoms with Gasteiger partial charge < -0.3 is 10.7 Å². The van der Waals surface area contributed by atoms with Gasteiger partial charge in [0.15, 0.2) is 5.82 Å². The maximum Gasteiger partial charge on any atom is 0.271 e. The third-order valence-electron chi connectivity index (χ3n) is 1.91. The number of anilines is 1. The van der Waals surface area contributed by atoms with Gasteiger partial charge in [0.25, 0.3) is 5.91 Å². The molecule has 0 radical (unpaired) electrons. The normalized spacial score (nSPS) is 9.94. The van der Waals surface area contributed by atoms with Crippen molar-refractivity contribution in [3.05, 3.63) is 30.2 Å². The van der Waals surface area contributed by atoms with Gasteiger partial charge in [0.2, 0.25) is 0 Å². The van der Waals surface area contributed by atoms with Crippen molar-refractivity contribution in [2.24, 2.45) is 5.84 Å². The summed E-state index contributed by atoms with van der Waals surface area (Å²) in [5, 5.41) is 8.89. The Bertz CT molecular complexity index is 479. The fourth-order valence-corrected chi connectivity index (χ4v) is 1.09. The lowest BCUT2D eigenvalue weighted by Crippen LogP contribution is -2.24. The highest BCUT2D eigenvalue weighted by atomic mass is 16.1. The first-order valence-corrected chi connectivity index (χ1v) is 4.70. The Balaban J connectivity index is 1.95. The Kier molecular flexibility index (Phi) is 3.21. The Morgan fingerprint density at radius 3 is 2.82 bits per heavy atom. The average molecular weight is 234 g/mol. The number of nitrogen functional groups attached to an aromatic ring is 1. The summed E-state index contributed by atoms with van der Waals surface area (Å²) in [5.41, 5.74) is 2.52. The molecule has 0 fully saturated rings. The lowest BCUT2D eigenvalue weighted by Gasteiger charge is -2.02. The molecule has 17 heavy (non-hydrogen) atoms. The molecule has 0 aromatic carbocycles. The van der Waals surface area contributed by atoms with E-state index in [-0.39, 0.29) is 18.1 Å². The van der Waals surface area contributed by atoms with Crippen molar-refractivity contribution >= 4 is 11.7 Å². The molecule has 2 rings (SSSR count). The molecule has 1 amide bonds. The largest absolute Gasteiger partial charge is 0.343 e. The Morgan fingerprint density at radius 1 is 1.35 bits per heavy atom. The van der Waals surface area contributed by atoms with Crippen molar-refractivity contribution in [3.8, 4) is 0 Å². The standard InChI is InChI=1S/C8H10N8O/c9-15-6-2-10-5(1-11-6)8(17)12-3-7-13-4-14-16-7/h1-2,4H,3,9H2,(H,11,15)(H,12,17)(H,13,14,16). The molecule has 0 saturated carbocycles. The van der Waals surface area contributed by atoms with Crippen LogP contribution in [0.1, 0.15) is 16.3 Å². The first-order chi connectivity index (χ1) is 8.29. The van der Waals surface area contributed by atoms with Crippen LogP contribution in [-0.2, 0) is 6.54 Å². The summed E-state index contributed by atoms with van der Waals surface area (Å²) in [4.78, 5) is 23.2. The maximum atomic E-state index is 11.6. The van der Waals surface area contributed by atoms with Crippen LogP contribution in [0.4, 0.5) is 5.82 Å². The molecular weight excluding hydrogens is 224 g/mol. The van der Waals surface area contributed by atoms with E-state index in [1.54, 1.807) is 0 Å². The molecule has 2 aromatic rings. The lowest BCUT2D eigenvalue weighted by molar-refractivity contribution is 0.0944. The number of amides is 1. The third kappa shape index (κ3) is 2.72. The van der Waals surface area contributed by atoms with E-state index in [1.165, 1.54) is 18.7 Å². The zero-order chi connectivity index (χ0) is 12.1. The van der Waals surface area contributed by atoms with Gasteiger partial charge in [0.1, 0.15) is 17.8 Å². The van der Waals surface area contributed by atoms with Crippen molar-refractivity contribution in [1.29, 1.82) is 0 Å². The molecule has 9 heteroatoms. The summed E-state index contributed by atoms with van der Waals surface area (Å²) >= 11 is 0. The van der Waals surface area contributed by atoms with E-state index in [9.17, 15) is 4.79 Å². The van der Waals surface area contributed by atoms with Gasteiger partial charge >= 0.3 is 0 Å². The van der Waals surface area contributed by atoms with Crippen molar-refractivity contribution in [2.45, 2.75) is 6.54 Å². The number of carbonyl (C=O) groups excluding carboxylic acids is 1. The second-order valence-electron chi connectivity index (χ2n) is 3.05. The molecule has 0 aliphatic rings. The van der Waals surface area contributed by atoms with Crippen LogP contribution < -0.4 is 16.6 Å². The number of aromatic amines is 1. The number of H-pyrrole nitrogens is 1. The molecule has 2 heterocycles. The van der Waals surface area contributed by atoms with Crippen molar-refractivity contribution < 1.29 is 4.79 Å². The fourth-order valence-electron chi connectivity index (χ4n) is 1.09. The molecule has 0 spiro atoms. The fraction of sp³-hybridized carbons (Fsp3) is 0.125. The Labute approximate surface area is 95.8 Å². The van der Waals surface area contributed by atoms with Gasteiger partial charge in [-0.05, 0) is 0 Å². The molecule has 9 nitrogen and oxygen atoms in total. The van der Waals surface area contributed by atoms with Crippen LogP contribution in [0.3, 0.4) is 0 Å². The van der Waals surface area contributed by atoms with Gasteiger partial charge in [-0.15, -0.1) is 0 Å². The lowest BCUT2D eigenvalue weighted by atomic mass is 10.4. The number of carbonyl (C=O) groups is 1. The quantitative estimate of drug-likeness (QED) is 0.386. The smallest absolute Gasteiger partial charge is 0.271 e. The number of nitrogens with one attached hydrogen (secondary N) is 3. The van der Waals surface area contributed by atoms with Crippen molar-refractivity contribution in [1.82, 2.24) is 30.5 Å².